The molecular formula is C41H33N2O+. The lowest BCUT2D eigenvalue weighted by atomic mass is 9.82. The first-order chi connectivity index (χ1) is 21.4. The lowest BCUT2D eigenvalue weighted by Gasteiger charge is -2.33. The lowest BCUT2D eigenvalue weighted by molar-refractivity contribution is -0.692. The number of nitrogens with zero attached hydrogens (tertiary/aromatic N) is 2. The van der Waals surface area contributed by atoms with E-state index in [4.69, 9.17) is 4.74 Å². The van der Waals surface area contributed by atoms with E-state index in [1.165, 1.54) is 60.3 Å². The van der Waals surface area contributed by atoms with Gasteiger partial charge in [-0.1, -0.05) is 93.6 Å². The van der Waals surface area contributed by atoms with Crippen molar-refractivity contribution in [2.75, 3.05) is 4.90 Å². The van der Waals surface area contributed by atoms with Crippen LogP contribution in [0.1, 0.15) is 49.1 Å². The molecule has 212 valence electrons. The monoisotopic (exact) mass is 569 g/mol. The molecule has 1 atom stereocenters. The maximum absolute atomic E-state index is 6.90. The SMILES string of the molecule is Cc1c2ccc3ccc4ccc5ccc6c(c5c4c13)C(c1ccc(C(C)(C)C)cc1O6)[n+]1ccccc1N2c1ccccc1. The Bertz CT molecular complexity index is 2310. The quantitative estimate of drug-likeness (QED) is 0.144. The van der Waals surface area contributed by atoms with Crippen LogP contribution in [0.15, 0.2) is 121 Å². The highest BCUT2D eigenvalue weighted by Crippen LogP contribution is 2.51. The molecule has 0 spiro atoms. The Balaban J connectivity index is 1.52. The second kappa shape index (κ2) is 8.93. The smallest absolute Gasteiger partial charge is 0.287 e. The molecule has 2 aliphatic heterocycles. The van der Waals surface area contributed by atoms with E-state index < -0.39 is 0 Å². The Labute approximate surface area is 257 Å². The summed E-state index contributed by atoms with van der Waals surface area (Å²) in [6.07, 6.45) is 2.24. The van der Waals surface area contributed by atoms with E-state index >= 15 is 0 Å². The molecule has 0 saturated heterocycles. The molecule has 7 aromatic rings. The van der Waals surface area contributed by atoms with E-state index in [2.05, 4.69) is 159 Å². The van der Waals surface area contributed by atoms with Gasteiger partial charge in [-0.15, -0.1) is 0 Å². The molecule has 1 aromatic heterocycles. The standard InChI is InChI=1S/C41H33N2O/c1-25-32-21-17-26-13-14-27-15-16-28-18-22-33-39(38(28)37(27)36(25)26)40(31-20-19-29(41(2,3)4)24-34(31)44-33)42-23-9-8-12-35(42)43(32)30-10-6-5-7-11-30/h5-24,40H,1-4H3/q+1. The third-order valence-electron chi connectivity index (χ3n) is 9.68. The second-order valence-corrected chi connectivity index (χ2v) is 13.3. The molecule has 2 aliphatic rings. The van der Waals surface area contributed by atoms with Gasteiger partial charge in [0.15, 0.2) is 6.04 Å². The largest absolute Gasteiger partial charge is 0.456 e. The maximum Gasteiger partial charge on any atom is 0.287 e. The number of fused-ring (bicyclic) bond motifs is 5. The van der Waals surface area contributed by atoms with Gasteiger partial charge in [-0.3, -0.25) is 0 Å². The van der Waals surface area contributed by atoms with Crippen LogP contribution in [0.25, 0.3) is 32.3 Å². The van der Waals surface area contributed by atoms with Gasteiger partial charge in [0.25, 0.3) is 5.82 Å². The summed E-state index contributed by atoms with van der Waals surface area (Å²) in [6.45, 7) is 9.07. The molecule has 0 fully saturated rings. The van der Waals surface area contributed by atoms with E-state index in [1.54, 1.807) is 0 Å². The van der Waals surface area contributed by atoms with Gasteiger partial charge in [-0.2, -0.15) is 4.90 Å². The zero-order valence-electron chi connectivity index (χ0n) is 25.4. The Morgan fingerprint density at radius 3 is 2.11 bits per heavy atom. The van der Waals surface area contributed by atoms with Crippen molar-refractivity contribution in [1.29, 1.82) is 0 Å². The Hall–Kier alpha value is -5.15. The van der Waals surface area contributed by atoms with Crippen LogP contribution in [0.5, 0.6) is 11.5 Å². The minimum absolute atomic E-state index is 0.00953. The van der Waals surface area contributed by atoms with Gasteiger partial charge in [0.2, 0.25) is 0 Å². The van der Waals surface area contributed by atoms with Crippen molar-refractivity contribution in [1.82, 2.24) is 0 Å². The van der Waals surface area contributed by atoms with Crippen LogP contribution in [-0.2, 0) is 5.41 Å². The lowest BCUT2D eigenvalue weighted by Crippen LogP contribution is -2.46. The summed E-state index contributed by atoms with van der Waals surface area (Å²) < 4.78 is 9.36. The van der Waals surface area contributed by atoms with Gasteiger partial charge in [0.1, 0.15) is 22.9 Å². The van der Waals surface area contributed by atoms with E-state index in [1.807, 2.05) is 0 Å². The Morgan fingerprint density at radius 1 is 0.659 bits per heavy atom. The average molecular weight is 570 g/mol. The van der Waals surface area contributed by atoms with Crippen molar-refractivity contribution in [2.24, 2.45) is 0 Å². The summed E-state index contributed by atoms with van der Waals surface area (Å²) in [5.41, 5.74) is 7.25. The highest BCUT2D eigenvalue weighted by Gasteiger charge is 2.39. The van der Waals surface area contributed by atoms with Crippen LogP contribution in [0, 0.1) is 6.92 Å². The highest BCUT2D eigenvalue weighted by molar-refractivity contribution is 6.23. The fourth-order valence-corrected chi connectivity index (χ4v) is 7.53. The van der Waals surface area contributed by atoms with E-state index in [-0.39, 0.29) is 11.5 Å². The summed E-state index contributed by atoms with van der Waals surface area (Å²) in [4.78, 5) is 2.43. The molecule has 3 heterocycles. The number of aryl methyl sites for hydroxylation is 1. The second-order valence-electron chi connectivity index (χ2n) is 13.3. The van der Waals surface area contributed by atoms with Gasteiger partial charge in [-0.05, 0) is 81.2 Å². The fourth-order valence-electron chi connectivity index (χ4n) is 7.53. The summed E-state index contributed by atoms with van der Waals surface area (Å²) in [5, 5.41) is 7.61. The number of para-hydroxylation sites is 1. The van der Waals surface area contributed by atoms with Gasteiger partial charge in [0, 0.05) is 22.6 Å². The predicted molar refractivity (Wildman–Crippen MR) is 181 cm³/mol. The molecule has 0 N–H and O–H groups in total. The molecule has 2 bridgehead atoms. The average Bonchev–Trinajstić information content (AvgIpc) is 3.04. The molecule has 0 saturated carbocycles. The van der Waals surface area contributed by atoms with Crippen LogP contribution >= 0.6 is 0 Å². The minimum Gasteiger partial charge on any atom is -0.456 e. The maximum atomic E-state index is 6.90. The van der Waals surface area contributed by atoms with Gasteiger partial charge >= 0.3 is 0 Å². The Morgan fingerprint density at radius 2 is 1.34 bits per heavy atom. The molecule has 3 nitrogen and oxygen atoms in total. The van der Waals surface area contributed by atoms with Gasteiger partial charge in [0.05, 0.1) is 11.8 Å². The summed E-state index contributed by atoms with van der Waals surface area (Å²) in [7, 11) is 0. The van der Waals surface area contributed by atoms with Crippen molar-refractivity contribution in [3.8, 4) is 11.5 Å². The van der Waals surface area contributed by atoms with Crippen LogP contribution < -0.4 is 14.2 Å². The number of anilines is 3. The van der Waals surface area contributed by atoms with Crippen LogP contribution in [-0.4, -0.2) is 0 Å². The normalized spacial score (nSPS) is 15.2. The Kier molecular flexibility index (Phi) is 5.15. The predicted octanol–water partition coefficient (Wildman–Crippen LogP) is 10.6. The molecule has 1 unspecified atom stereocenters. The molecule has 0 amide bonds. The third kappa shape index (κ3) is 3.47. The molecule has 0 radical (unpaired) electrons. The van der Waals surface area contributed by atoms with Crippen LogP contribution in [0.4, 0.5) is 17.2 Å². The number of pyridine rings is 1. The number of aromatic nitrogens is 1. The molecule has 6 aromatic carbocycles. The molecule has 44 heavy (non-hydrogen) atoms. The van der Waals surface area contributed by atoms with Crippen molar-refractivity contribution in [3.05, 3.63) is 144 Å². The van der Waals surface area contributed by atoms with Crippen molar-refractivity contribution < 1.29 is 9.30 Å². The summed E-state index contributed by atoms with van der Waals surface area (Å²) in [6, 6.07) is 42.2. The van der Waals surface area contributed by atoms with Crippen molar-refractivity contribution in [3.63, 3.8) is 0 Å². The first-order valence-electron chi connectivity index (χ1n) is 15.5. The number of hydrogen-bond donors (Lipinski definition) is 0. The zero-order chi connectivity index (χ0) is 29.7. The number of rotatable bonds is 1. The minimum atomic E-state index is -0.0981. The molecular weight excluding hydrogens is 536 g/mol. The summed E-state index contributed by atoms with van der Waals surface area (Å²) >= 11 is 0. The van der Waals surface area contributed by atoms with E-state index in [0.29, 0.717) is 0 Å². The van der Waals surface area contributed by atoms with Crippen molar-refractivity contribution >= 4 is 49.5 Å². The summed E-state index contributed by atoms with van der Waals surface area (Å²) in [5.74, 6) is 2.96. The topological polar surface area (TPSA) is 16.4 Å². The fraction of sp³-hybridized carbons (Fsp3) is 0.146. The van der Waals surface area contributed by atoms with Gasteiger partial charge < -0.3 is 4.74 Å². The first kappa shape index (κ1) is 25.4. The molecule has 3 heteroatoms. The van der Waals surface area contributed by atoms with E-state index in [0.717, 1.165) is 23.0 Å². The van der Waals surface area contributed by atoms with Gasteiger partial charge in [-0.25, -0.2) is 4.57 Å². The third-order valence-corrected chi connectivity index (χ3v) is 9.68. The molecule has 0 aliphatic carbocycles. The van der Waals surface area contributed by atoms with Crippen LogP contribution in [0.2, 0.25) is 0 Å². The molecule has 9 rings (SSSR count). The van der Waals surface area contributed by atoms with Crippen LogP contribution in [0.3, 0.4) is 0 Å². The zero-order valence-corrected chi connectivity index (χ0v) is 25.4. The van der Waals surface area contributed by atoms with E-state index in [9.17, 15) is 0 Å². The number of benzene rings is 6. The number of ether oxygens (including phenoxy) is 1. The van der Waals surface area contributed by atoms with Crippen molar-refractivity contribution in [2.45, 2.75) is 39.2 Å². The number of hydrogen-bond acceptors (Lipinski definition) is 2. The highest BCUT2D eigenvalue weighted by atomic mass is 16.5. The first-order valence-corrected chi connectivity index (χ1v) is 15.5.